The van der Waals surface area contributed by atoms with Gasteiger partial charge in [-0.05, 0) is 39.0 Å². The number of hydrogen-bond acceptors (Lipinski definition) is 3. The molecule has 0 radical (unpaired) electrons. The molecule has 7 heteroatoms. The average molecular weight is 330 g/mol. The molecule has 0 unspecified atom stereocenters. The number of nitrogens with one attached hydrogen (secondary N) is 2. The lowest BCUT2D eigenvalue weighted by Crippen LogP contribution is -2.44. The van der Waals surface area contributed by atoms with E-state index in [2.05, 4.69) is 25.1 Å². The van der Waals surface area contributed by atoms with Gasteiger partial charge in [-0.2, -0.15) is 5.10 Å². The number of imidazole rings is 1. The van der Waals surface area contributed by atoms with Gasteiger partial charge < -0.3 is 14.8 Å². The third-order valence-corrected chi connectivity index (χ3v) is 4.69. The molecule has 0 aromatic carbocycles. The number of urea groups is 1. The normalized spacial score (nSPS) is 17.9. The average Bonchev–Trinajstić information content (AvgIpc) is 3.26. The summed E-state index contributed by atoms with van der Waals surface area (Å²) in [6, 6.07) is 0.186. The summed E-state index contributed by atoms with van der Waals surface area (Å²) < 4.78 is 2.14. The molecule has 3 heterocycles. The zero-order valence-electron chi connectivity index (χ0n) is 14.2. The van der Waals surface area contributed by atoms with Crippen LogP contribution in [0.1, 0.15) is 49.5 Å². The Labute approximate surface area is 142 Å². The quantitative estimate of drug-likeness (QED) is 0.799. The second-order valence-electron chi connectivity index (χ2n) is 6.34. The summed E-state index contributed by atoms with van der Waals surface area (Å²) in [5.41, 5.74) is 1.10. The van der Waals surface area contributed by atoms with Crippen molar-refractivity contribution in [1.82, 2.24) is 30.0 Å². The van der Waals surface area contributed by atoms with E-state index in [9.17, 15) is 4.79 Å². The molecule has 24 heavy (non-hydrogen) atoms. The molecule has 2 aromatic rings. The minimum absolute atomic E-state index is 0.0414. The number of aryl methyl sites for hydroxylation is 2. The first-order valence-electron chi connectivity index (χ1n) is 8.76. The van der Waals surface area contributed by atoms with Crippen LogP contribution in [0.4, 0.5) is 4.79 Å². The van der Waals surface area contributed by atoms with Gasteiger partial charge in [0.15, 0.2) is 0 Å². The molecule has 0 aliphatic carbocycles. The second kappa shape index (κ2) is 7.99. The van der Waals surface area contributed by atoms with Gasteiger partial charge in [0.25, 0.3) is 0 Å². The van der Waals surface area contributed by atoms with E-state index >= 15 is 0 Å². The molecular weight excluding hydrogens is 304 g/mol. The van der Waals surface area contributed by atoms with Crippen molar-refractivity contribution in [3.8, 4) is 0 Å². The zero-order valence-corrected chi connectivity index (χ0v) is 14.2. The van der Waals surface area contributed by atoms with Gasteiger partial charge in [-0.15, -0.1) is 0 Å². The van der Waals surface area contributed by atoms with Crippen LogP contribution in [0.2, 0.25) is 0 Å². The summed E-state index contributed by atoms with van der Waals surface area (Å²) in [7, 11) is 0. The lowest BCUT2D eigenvalue weighted by molar-refractivity contribution is 0.151. The first kappa shape index (κ1) is 16.5. The number of carbonyl (C=O) groups is 1. The predicted molar refractivity (Wildman–Crippen MR) is 91.5 cm³/mol. The number of carbonyl (C=O) groups excluding carboxylic acids is 1. The molecule has 1 aliphatic heterocycles. The van der Waals surface area contributed by atoms with Gasteiger partial charge >= 0.3 is 6.03 Å². The molecule has 7 nitrogen and oxygen atoms in total. The largest absolute Gasteiger partial charge is 0.338 e. The van der Waals surface area contributed by atoms with Crippen LogP contribution in [0.5, 0.6) is 0 Å². The Hall–Kier alpha value is -2.31. The van der Waals surface area contributed by atoms with Crippen LogP contribution in [0.15, 0.2) is 24.8 Å². The highest BCUT2D eigenvalue weighted by Crippen LogP contribution is 2.30. The molecule has 2 N–H and O–H groups in total. The molecule has 0 saturated carbocycles. The van der Waals surface area contributed by atoms with Crippen molar-refractivity contribution in [3.05, 3.63) is 36.2 Å². The van der Waals surface area contributed by atoms with E-state index < -0.39 is 0 Å². The topological polar surface area (TPSA) is 78.8 Å². The van der Waals surface area contributed by atoms with Crippen molar-refractivity contribution in [2.24, 2.45) is 0 Å². The first-order valence-corrected chi connectivity index (χ1v) is 8.76. The number of amides is 2. The number of H-pyrrole nitrogens is 1. The maximum absolute atomic E-state index is 12.5. The third-order valence-electron chi connectivity index (χ3n) is 4.69. The van der Waals surface area contributed by atoms with Crippen molar-refractivity contribution in [2.45, 2.75) is 51.6 Å². The van der Waals surface area contributed by atoms with Gasteiger partial charge in [0.1, 0.15) is 5.82 Å². The third kappa shape index (κ3) is 3.96. The van der Waals surface area contributed by atoms with Crippen molar-refractivity contribution >= 4 is 6.03 Å². The Morgan fingerprint density at radius 2 is 2.33 bits per heavy atom. The molecule has 1 aliphatic rings. The van der Waals surface area contributed by atoms with Crippen LogP contribution in [0, 0.1) is 6.92 Å². The Balaban J connectivity index is 1.43. The molecule has 0 bridgehead atoms. The molecule has 1 atom stereocenters. The summed E-state index contributed by atoms with van der Waals surface area (Å²) in [5.74, 6) is 1.04. The van der Waals surface area contributed by atoms with Crippen LogP contribution >= 0.6 is 0 Å². The molecule has 1 fully saturated rings. The van der Waals surface area contributed by atoms with E-state index in [4.69, 9.17) is 0 Å². The van der Waals surface area contributed by atoms with E-state index in [1.165, 1.54) is 0 Å². The van der Waals surface area contributed by atoms with Gasteiger partial charge in [-0.1, -0.05) is 0 Å². The number of hydrogen-bond donors (Lipinski definition) is 2. The number of unbranched alkanes of at least 4 members (excludes halogenated alkanes) is 1. The maximum Gasteiger partial charge on any atom is 0.317 e. The minimum atomic E-state index is 0.0414. The molecule has 3 rings (SSSR count). The minimum Gasteiger partial charge on any atom is -0.338 e. The van der Waals surface area contributed by atoms with E-state index in [0.717, 1.165) is 56.6 Å². The fourth-order valence-corrected chi connectivity index (χ4v) is 3.31. The number of piperidine rings is 1. The van der Waals surface area contributed by atoms with E-state index in [1.54, 1.807) is 0 Å². The smallest absolute Gasteiger partial charge is 0.317 e. The molecule has 2 aromatic heterocycles. The number of nitrogens with zero attached hydrogens (tertiary/aromatic N) is 4. The fourth-order valence-electron chi connectivity index (χ4n) is 3.31. The molecular formula is C17H26N6O. The number of rotatable bonds is 6. The summed E-state index contributed by atoms with van der Waals surface area (Å²) in [6.45, 7) is 4.48. The van der Waals surface area contributed by atoms with Crippen LogP contribution in [0.3, 0.4) is 0 Å². The first-order chi connectivity index (χ1) is 11.8. The Morgan fingerprint density at radius 1 is 1.42 bits per heavy atom. The van der Waals surface area contributed by atoms with E-state index in [1.807, 2.05) is 36.6 Å². The Kier molecular flexibility index (Phi) is 5.51. The van der Waals surface area contributed by atoms with Gasteiger partial charge in [-0.3, -0.25) is 5.10 Å². The second-order valence-corrected chi connectivity index (χ2v) is 6.34. The van der Waals surface area contributed by atoms with Gasteiger partial charge in [0.2, 0.25) is 0 Å². The number of aromatic nitrogens is 4. The SMILES string of the molecule is Cc1nccn1CCCCNC(=O)N1CCCC[C@H]1c1cn[nH]c1. The number of likely N-dealkylation sites (tertiary alicyclic amines) is 1. The van der Waals surface area contributed by atoms with Crippen LogP contribution in [-0.2, 0) is 6.54 Å². The molecule has 130 valence electrons. The van der Waals surface area contributed by atoms with Crippen molar-refractivity contribution in [2.75, 3.05) is 13.1 Å². The maximum atomic E-state index is 12.5. The summed E-state index contributed by atoms with van der Waals surface area (Å²) in [6.07, 6.45) is 12.8. The van der Waals surface area contributed by atoms with Gasteiger partial charge in [-0.25, -0.2) is 9.78 Å². The lowest BCUT2D eigenvalue weighted by Gasteiger charge is -2.35. The van der Waals surface area contributed by atoms with E-state index in [-0.39, 0.29) is 12.1 Å². The van der Waals surface area contributed by atoms with E-state index in [0.29, 0.717) is 6.54 Å². The fraction of sp³-hybridized carbons (Fsp3) is 0.588. The molecule has 0 spiro atoms. The highest BCUT2D eigenvalue weighted by Gasteiger charge is 2.28. The van der Waals surface area contributed by atoms with Gasteiger partial charge in [0, 0.05) is 43.8 Å². The summed E-state index contributed by atoms with van der Waals surface area (Å²) >= 11 is 0. The van der Waals surface area contributed by atoms with Crippen LogP contribution in [-0.4, -0.2) is 43.8 Å². The zero-order chi connectivity index (χ0) is 16.8. The predicted octanol–water partition coefficient (Wildman–Crippen LogP) is 2.63. The van der Waals surface area contributed by atoms with Crippen molar-refractivity contribution < 1.29 is 4.79 Å². The van der Waals surface area contributed by atoms with Crippen molar-refractivity contribution in [1.29, 1.82) is 0 Å². The monoisotopic (exact) mass is 330 g/mol. The Morgan fingerprint density at radius 3 is 3.08 bits per heavy atom. The summed E-state index contributed by atoms with van der Waals surface area (Å²) in [4.78, 5) is 18.7. The molecule has 1 saturated heterocycles. The Bertz CT molecular complexity index is 635. The number of aromatic amines is 1. The van der Waals surface area contributed by atoms with Crippen LogP contribution in [0.25, 0.3) is 0 Å². The molecule has 2 amide bonds. The lowest BCUT2D eigenvalue weighted by atomic mass is 9.98. The standard InChI is InChI=1S/C17H26N6O/c1-14-18-8-11-22(14)9-5-3-7-19-17(24)23-10-4-2-6-16(23)15-12-20-21-13-15/h8,11-13,16H,2-7,9-10H2,1H3,(H,19,24)(H,20,21)/t16-/m0/s1. The highest BCUT2D eigenvalue weighted by molar-refractivity contribution is 5.74. The van der Waals surface area contributed by atoms with Crippen LogP contribution < -0.4 is 5.32 Å². The van der Waals surface area contributed by atoms with Crippen molar-refractivity contribution in [3.63, 3.8) is 0 Å². The highest BCUT2D eigenvalue weighted by atomic mass is 16.2. The summed E-state index contributed by atoms with van der Waals surface area (Å²) in [5, 5.41) is 9.94. The van der Waals surface area contributed by atoms with Gasteiger partial charge in [0.05, 0.1) is 12.2 Å².